The lowest BCUT2D eigenvalue weighted by Crippen LogP contribution is -2.54. The van der Waals surface area contributed by atoms with Crippen LogP contribution in [0.4, 0.5) is 0 Å². The zero-order valence-electron chi connectivity index (χ0n) is 9.17. The Morgan fingerprint density at radius 3 is 2.77 bits per heavy atom. The number of morpholine rings is 1. The third kappa shape index (κ3) is 2.93. The van der Waals surface area contributed by atoms with E-state index in [2.05, 4.69) is 25.7 Å². The molecule has 0 amide bonds. The molecule has 1 rings (SSSR count). The Labute approximate surface area is 81.0 Å². The summed E-state index contributed by atoms with van der Waals surface area (Å²) >= 11 is 0. The Balaban J connectivity index is 2.49. The van der Waals surface area contributed by atoms with Crippen molar-refractivity contribution >= 4 is 0 Å². The van der Waals surface area contributed by atoms with Crippen LogP contribution in [0.2, 0.25) is 0 Å². The van der Waals surface area contributed by atoms with Gasteiger partial charge in [0.15, 0.2) is 0 Å². The molecule has 3 nitrogen and oxygen atoms in total. The lowest BCUT2D eigenvalue weighted by Gasteiger charge is -2.41. The van der Waals surface area contributed by atoms with E-state index in [1.807, 2.05) is 0 Å². The van der Waals surface area contributed by atoms with Crippen molar-refractivity contribution in [3.63, 3.8) is 0 Å². The highest BCUT2D eigenvalue weighted by Crippen LogP contribution is 2.19. The third-order valence-corrected chi connectivity index (χ3v) is 2.55. The normalized spacial score (nSPS) is 31.2. The fourth-order valence-electron chi connectivity index (χ4n) is 1.80. The summed E-state index contributed by atoms with van der Waals surface area (Å²) in [6.07, 6.45) is 0. The minimum atomic E-state index is -0.114. The maximum atomic E-state index is 5.72. The second-order valence-corrected chi connectivity index (χ2v) is 4.30. The van der Waals surface area contributed by atoms with Gasteiger partial charge in [-0.2, -0.15) is 0 Å². The van der Waals surface area contributed by atoms with Crippen LogP contribution in [0.15, 0.2) is 0 Å². The third-order valence-electron chi connectivity index (χ3n) is 2.55. The van der Waals surface area contributed by atoms with Crippen molar-refractivity contribution in [3.8, 4) is 0 Å². The van der Waals surface area contributed by atoms with Gasteiger partial charge in [-0.05, 0) is 20.8 Å². The standard InChI is InChI=1S/C10H21NO2/c1-9(2)11-5-6-13-10(3,7-11)8-12-4/h9H,5-8H2,1-4H3. The summed E-state index contributed by atoms with van der Waals surface area (Å²) in [4.78, 5) is 2.43. The molecule has 0 saturated carbocycles. The van der Waals surface area contributed by atoms with E-state index in [0.717, 1.165) is 19.7 Å². The molecular formula is C10H21NO2. The molecule has 0 aromatic carbocycles. The summed E-state index contributed by atoms with van der Waals surface area (Å²) in [5.74, 6) is 0. The highest BCUT2D eigenvalue weighted by atomic mass is 16.5. The van der Waals surface area contributed by atoms with Crippen molar-refractivity contribution in [1.29, 1.82) is 0 Å². The number of hydrogen-bond acceptors (Lipinski definition) is 3. The predicted molar refractivity (Wildman–Crippen MR) is 52.9 cm³/mol. The molecule has 1 fully saturated rings. The molecule has 13 heavy (non-hydrogen) atoms. The van der Waals surface area contributed by atoms with Crippen LogP contribution < -0.4 is 0 Å². The molecule has 3 heteroatoms. The topological polar surface area (TPSA) is 21.7 Å². The summed E-state index contributed by atoms with van der Waals surface area (Å²) in [5.41, 5.74) is -0.114. The van der Waals surface area contributed by atoms with Crippen molar-refractivity contribution in [2.75, 3.05) is 33.4 Å². The number of ether oxygens (including phenoxy) is 2. The van der Waals surface area contributed by atoms with Crippen molar-refractivity contribution in [2.24, 2.45) is 0 Å². The maximum Gasteiger partial charge on any atom is 0.101 e. The van der Waals surface area contributed by atoms with Gasteiger partial charge in [0.05, 0.1) is 13.2 Å². The Bertz CT molecular complexity index is 157. The zero-order chi connectivity index (χ0) is 9.90. The first kappa shape index (κ1) is 11.0. The number of methoxy groups -OCH3 is 1. The second kappa shape index (κ2) is 4.40. The average molecular weight is 187 g/mol. The van der Waals surface area contributed by atoms with Gasteiger partial charge in [-0.15, -0.1) is 0 Å². The van der Waals surface area contributed by atoms with Crippen LogP contribution in [-0.4, -0.2) is 50.0 Å². The molecule has 0 N–H and O–H groups in total. The van der Waals surface area contributed by atoms with Gasteiger partial charge in [0.2, 0.25) is 0 Å². The highest BCUT2D eigenvalue weighted by molar-refractivity contribution is 4.84. The molecular weight excluding hydrogens is 166 g/mol. The summed E-state index contributed by atoms with van der Waals surface area (Å²) in [5, 5.41) is 0. The first-order valence-electron chi connectivity index (χ1n) is 4.94. The van der Waals surface area contributed by atoms with E-state index in [1.54, 1.807) is 7.11 Å². The summed E-state index contributed by atoms with van der Waals surface area (Å²) in [6, 6.07) is 0.597. The molecule has 0 aliphatic carbocycles. The fourth-order valence-corrected chi connectivity index (χ4v) is 1.80. The van der Waals surface area contributed by atoms with Crippen molar-refractivity contribution in [3.05, 3.63) is 0 Å². The number of nitrogens with zero attached hydrogens (tertiary/aromatic N) is 1. The summed E-state index contributed by atoms with van der Waals surface area (Å²) in [7, 11) is 1.73. The molecule has 1 saturated heterocycles. The lowest BCUT2D eigenvalue weighted by atomic mass is 10.0. The van der Waals surface area contributed by atoms with Crippen LogP contribution in [0.1, 0.15) is 20.8 Å². The van der Waals surface area contributed by atoms with Crippen LogP contribution in [0.25, 0.3) is 0 Å². The minimum Gasteiger partial charge on any atom is -0.382 e. The summed E-state index contributed by atoms with van der Waals surface area (Å²) < 4.78 is 10.9. The van der Waals surface area contributed by atoms with Crippen LogP contribution >= 0.6 is 0 Å². The first-order chi connectivity index (χ1) is 6.07. The number of hydrogen-bond donors (Lipinski definition) is 0. The van der Waals surface area contributed by atoms with Crippen LogP contribution in [0.5, 0.6) is 0 Å². The van der Waals surface area contributed by atoms with Gasteiger partial charge in [-0.1, -0.05) is 0 Å². The van der Waals surface area contributed by atoms with E-state index in [-0.39, 0.29) is 5.60 Å². The molecule has 0 bridgehead atoms. The monoisotopic (exact) mass is 187 g/mol. The van der Waals surface area contributed by atoms with Gasteiger partial charge in [0.25, 0.3) is 0 Å². The summed E-state index contributed by atoms with van der Waals surface area (Å²) in [6.45, 7) is 10.1. The van der Waals surface area contributed by atoms with Gasteiger partial charge in [0.1, 0.15) is 5.60 Å². The minimum absolute atomic E-state index is 0.114. The average Bonchev–Trinajstić information content (AvgIpc) is 2.04. The van der Waals surface area contributed by atoms with E-state index in [0.29, 0.717) is 12.6 Å². The van der Waals surface area contributed by atoms with E-state index >= 15 is 0 Å². The Kier molecular flexibility index (Phi) is 3.71. The van der Waals surface area contributed by atoms with E-state index in [4.69, 9.17) is 9.47 Å². The molecule has 0 aromatic rings. The molecule has 0 radical (unpaired) electrons. The van der Waals surface area contributed by atoms with Crippen LogP contribution in [0.3, 0.4) is 0 Å². The van der Waals surface area contributed by atoms with Gasteiger partial charge in [-0.3, -0.25) is 4.90 Å². The molecule has 1 atom stereocenters. The quantitative estimate of drug-likeness (QED) is 0.661. The Morgan fingerprint density at radius 1 is 1.54 bits per heavy atom. The molecule has 0 aromatic heterocycles. The van der Waals surface area contributed by atoms with Gasteiger partial charge >= 0.3 is 0 Å². The lowest BCUT2D eigenvalue weighted by molar-refractivity contribution is -0.133. The zero-order valence-corrected chi connectivity index (χ0v) is 9.17. The van der Waals surface area contributed by atoms with Crippen molar-refractivity contribution < 1.29 is 9.47 Å². The molecule has 1 aliphatic rings. The Hall–Kier alpha value is -0.120. The van der Waals surface area contributed by atoms with E-state index < -0.39 is 0 Å². The first-order valence-corrected chi connectivity index (χ1v) is 4.94. The fraction of sp³-hybridized carbons (Fsp3) is 1.00. The van der Waals surface area contributed by atoms with Crippen molar-refractivity contribution in [2.45, 2.75) is 32.4 Å². The molecule has 78 valence electrons. The molecule has 1 heterocycles. The largest absolute Gasteiger partial charge is 0.382 e. The van der Waals surface area contributed by atoms with Gasteiger partial charge in [0, 0.05) is 26.2 Å². The van der Waals surface area contributed by atoms with Crippen molar-refractivity contribution in [1.82, 2.24) is 4.90 Å². The molecule has 0 spiro atoms. The SMILES string of the molecule is COCC1(C)CN(C(C)C)CCO1. The number of rotatable bonds is 3. The van der Waals surface area contributed by atoms with Crippen LogP contribution in [-0.2, 0) is 9.47 Å². The van der Waals surface area contributed by atoms with Crippen LogP contribution in [0, 0.1) is 0 Å². The Morgan fingerprint density at radius 2 is 2.23 bits per heavy atom. The molecule has 1 unspecified atom stereocenters. The maximum absolute atomic E-state index is 5.72. The van der Waals surface area contributed by atoms with E-state index in [1.165, 1.54) is 0 Å². The molecule has 1 aliphatic heterocycles. The predicted octanol–water partition coefficient (Wildman–Crippen LogP) is 1.13. The second-order valence-electron chi connectivity index (χ2n) is 4.30. The van der Waals surface area contributed by atoms with Gasteiger partial charge in [-0.25, -0.2) is 0 Å². The highest BCUT2D eigenvalue weighted by Gasteiger charge is 2.32. The van der Waals surface area contributed by atoms with Gasteiger partial charge < -0.3 is 9.47 Å². The smallest absolute Gasteiger partial charge is 0.101 e. The van der Waals surface area contributed by atoms with E-state index in [9.17, 15) is 0 Å².